The smallest absolute Gasteiger partial charge is 0.238 e. The maximum absolute atomic E-state index is 10.2. The molecular formula is C11H11ClN2O2S. The van der Waals surface area contributed by atoms with Crippen molar-refractivity contribution < 1.29 is 9.84 Å². The average Bonchev–Trinajstić information content (AvgIpc) is 2.69. The molecule has 2 aromatic rings. The molecule has 0 amide bonds. The van der Waals surface area contributed by atoms with Crippen molar-refractivity contribution in [2.24, 2.45) is 0 Å². The van der Waals surface area contributed by atoms with Gasteiger partial charge < -0.3 is 9.84 Å². The van der Waals surface area contributed by atoms with Crippen LogP contribution in [0.5, 0.6) is 5.88 Å². The van der Waals surface area contributed by atoms with Crippen LogP contribution >= 0.6 is 22.9 Å². The summed E-state index contributed by atoms with van der Waals surface area (Å²) in [7, 11) is 1.49. The lowest BCUT2D eigenvalue weighted by atomic mass is 10.2. The van der Waals surface area contributed by atoms with Crippen molar-refractivity contribution in [2.75, 3.05) is 7.11 Å². The van der Waals surface area contributed by atoms with E-state index in [0.717, 1.165) is 5.56 Å². The topological polar surface area (TPSA) is 55.2 Å². The molecule has 0 aromatic carbocycles. The van der Waals surface area contributed by atoms with Crippen LogP contribution in [0.15, 0.2) is 17.8 Å². The van der Waals surface area contributed by atoms with Gasteiger partial charge >= 0.3 is 0 Å². The van der Waals surface area contributed by atoms with Crippen molar-refractivity contribution >= 4 is 22.9 Å². The SMILES string of the molecule is COc1nccnc1C(O)c1scc(C)c1Cl. The summed E-state index contributed by atoms with van der Waals surface area (Å²) >= 11 is 7.50. The molecule has 1 unspecified atom stereocenters. The first-order chi connectivity index (χ1) is 8.15. The van der Waals surface area contributed by atoms with Crippen LogP contribution in [0.4, 0.5) is 0 Å². The molecule has 0 spiro atoms. The Morgan fingerprint density at radius 2 is 2.12 bits per heavy atom. The van der Waals surface area contributed by atoms with Gasteiger partial charge in [-0.25, -0.2) is 4.98 Å². The van der Waals surface area contributed by atoms with E-state index in [2.05, 4.69) is 9.97 Å². The second kappa shape index (κ2) is 5.00. The minimum Gasteiger partial charge on any atom is -0.480 e. The van der Waals surface area contributed by atoms with Gasteiger partial charge in [-0.15, -0.1) is 11.3 Å². The number of hydrogen-bond acceptors (Lipinski definition) is 5. The molecule has 0 saturated carbocycles. The fourth-order valence-electron chi connectivity index (χ4n) is 1.44. The van der Waals surface area contributed by atoms with Gasteiger partial charge in [-0.3, -0.25) is 4.98 Å². The van der Waals surface area contributed by atoms with Gasteiger partial charge in [0.15, 0.2) is 0 Å². The predicted molar refractivity (Wildman–Crippen MR) is 66.7 cm³/mol. The third-order valence-corrected chi connectivity index (χ3v) is 4.08. The maximum Gasteiger partial charge on any atom is 0.238 e. The molecule has 0 saturated heterocycles. The molecule has 0 aliphatic rings. The monoisotopic (exact) mass is 270 g/mol. The number of methoxy groups -OCH3 is 1. The summed E-state index contributed by atoms with van der Waals surface area (Å²) in [5.74, 6) is 0.308. The minimum atomic E-state index is -0.912. The third kappa shape index (κ3) is 2.26. The average molecular weight is 271 g/mol. The van der Waals surface area contributed by atoms with Gasteiger partial charge in [0.05, 0.1) is 17.0 Å². The van der Waals surface area contributed by atoms with E-state index >= 15 is 0 Å². The van der Waals surface area contributed by atoms with Crippen molar-refractivity contribution in [3.63, 3.8) is 0 Å². The van der Waals surface area contributed by atoms with E-state index in [1.807, 2.05) is 12.3 Å². The number of nitrogens with zero attached hydrogens (tertiary/aromatic N) is 2. The number of aromatic nitrogens is 2. The molecule has 2 aromatic heterocycles. The van der Waals surface area contributed by atoms with Crippen LogP contribution in [-0.4, -0.2) is 22.2 Å². The maximum atomic E-state index is 10.2. The van der Waals surface area contributed by atoms with Crippen molar-refractivity contribution in [3.05, 3.63) is 38.9 Å². The fraction of sp³-hybridized carbons (Fsp3) is 0.273. The summed E-state index contributed by atoms with van der Waals surface area (Å²) in [6.07, 6.45) is 2.11. The van der Waals surface area contributed by atoms with E-state index in [9.17, 15) is 5.11 Å². The molecule has 2 rings (SSSR count). The van der Waals surface area contributed by atoms with Crippen LogP contribution in [0, 0.1) is 6.92 Å². The number of aliphatic hydroxyl groups excluding tert-OH is 1. The van der Waals surface area contributed by atoms with Gasteiger partial charge in [0.25, 0.3) is 0 Å². The van der Waals surface area contributed by atoms with Crippen molar-refractivity contribution in [1.82, 2.24) is 9.97 Å². The van der Waals surface area contributed by atoms with Crippen LogP contribution in [-0.2, 0) is 0 Å². The summed E-state index contributed by atoms with van der Waals surface area (Å²) in [4.78, 5) is 8.74. The van der Waals surface area contributed by atoms with Gasteiger partial charge in [0, 0.05) is 12.4 Å². The Kier molecular flexibility index (Phi) is 3.61. The Balaban J connectivity index is 2.43. The normalized spacial score (nSPS) is 12.5. The molecule has 0 radical (unpaired) electrons. The molecule has 1 N–H and O–H groups in total. The Morgan fingerprint density at radius 3 is 2.71 bits per heavy atom. The van der Waals surface area contributed by atoms with Gasteiger partial charge in [-0.05, 0) is 17.9 Å². The quantitative estimate of drug-likeness (QED) is 0.931. The first-order valence-electron chi connectivity index (χ1n) is 4.91. The van der Waals surface area contributed by atoms with E-state index in [4.69, 9.17) is 16.3 Å². The van der Waals surface area contributed by atoms with Gasteiger partial charge in [0.1, 0.15) is 11.8 Å². The Bertz CT molecular complexity index is 530. The number of aliphatic hydroxyl groups is 1. The molecule has 6 heteroatoms. The van der Waals surface area contributed by atoms with E-state index in [-0.39, 0.29) is 0 Å². The zero-order valence-electron chi connectivity index (χ0n) is 9.35. The minimum absolute atomic E-state index is 0.308. The van der Waals surface area contributed by atoms with E-state index < -0.39 is 6.10 Å². The zero-order valence-corrected chi connectivity index (χ0v) is 10.9. The van der Waals surface area contributed by atoms with Gasteiger partial charge in [-0.1, -0.05) is 11.6 Å². The van der Waals surface area contributed by atoms with Gasteiger partial charge in [-0.2, -0.15) is 0 Å². The molecule has 0 bridgehead atoms. The van der Waals surface area contributed by atoms with Crippen LogP contribution < -0.4 is 4.74 Å². The molecule has 0 aliphatic carbocycles. The largest absolute Gasteiger partial charge is 0.480 e. The number of aryl methyl sites for hydroxylation is 1. The standard InChI is InChI=1S/C11H11ClN2O2S/c1-6-5-17-10(7(6)12)9(15)8-11(16-2)14-4-3-13-8/h3-5,9,15H,1-2H3. The van der Waals surface area contributed by atoms with E-state index in [1.54, 1.807) is 0 Å². The van der Waals surface area contributed by atoms with Crippen LogP contribution in [0.25, 0.3) is 0 Å². The summed E-state index contributed by atoms with van der Waals surface area (Å²) < 4.78 is 5.06. The van der Waals surface area contributed by atoms with Gasteiger partial charge in [0.2, 0.25) is 5.88 Å². The zero-order chi connectivity index (χ0) is 12.4. The number of rotatable bonds is 3. The van der Waals surface area contributed by atoms with Crippen LogP contribution in [0.2, 0.25) is 5.02 Å². The Labute approximate surface area is 108 Å². The highest BCUT2D eigenvalue weighted by molar-refractivity contribution is 7.10. The lowest BCUT2D eigenvalue weighted by Gasteiger charge is -2.11. The van der Waals surface area contributed by atoms with Crippen LogP contribution in [0.3, 0.4) is 0 Å². The number of thiophene rings is 1. The molecule has 1 atom stereocenters. The molecule has 17 heavy (non-hydrogen) atoms. The summed E-state index contributed by atoms with van der Waals surface area (Å²) in [6.45, 7) is 1.89. The highest BCUT2D eigenvalue weighted by Gasteiger charge is 2.22. The molecule has 0 fully saturated rings. The summed E-state index contributed by atoms with van der Waals surface area (Å²) in [6, 6.07) is 0. The first kappa shape index (κ1) is 12.3. The van der Waals surface area contributed by atoms with Crippen molar-refractivity contribution in [1.29, 1.82) is 0 Å². The first-order valence-corrected chi connectivity index (χ1v) is 6.17. The predicted octanol–water partition coefficient (Wildman–Crippen LogP) is 2.59. The van der Waals surface area contributed by atoms with Crippen molar-refractivity contribution in [3.8, 4) is 5.88 Å². The summed E-state index contributed by atoms with van der Waals surface area (Å²) in [5.41, 5.74) is 1.31. The lowest BCUT2D eigenvalue weighted by Crippen LogP contribution is -2.05. The highest BCUT2D eigenvalue weighted by atomic mass is 35.5. The molecule has 90 valence electrons. The fourth-order valence-corrected chi connectivity index (χ4v) is 2.72. The molecular weight excluding hydrogens is 260 g/mol. The lowest BCUT2D eigenvalue weighted by molar-refractivity contribution is 0.211. The Hall–Kier alpha value is -1.17. The highest BCUT2D eigenvalue weighted by Crippen LogP contribution is 2.36. The van der Waals surface area contributed by atoms with Crippen LogP contribution in [0.1, 0.15) is 22.2 Å². The second-order valence-corrected chi connectivity index (χ2v) is 4.74. The second-order valence-electron chi connectivity index (χ2n) is 3.45. The summed E-state index contributed by atoms with van der Waals surface area (Å²) in [5, 5.41) is 12.7. The molecule has 0 aliphatic heterocycles. The Morgan fingerprint density at radius 1 is 1.41 bits per heavy atom. The third-order valence-electron chi connectivity index (χ3n) is 2.32. The molecule has 4 nitrogen and oxygen atoms in total. The van der Waals surface area contributed by atoms with E-state index in [0.29, 0.717) is 21.5 Å². The number of halogens is 1. The van der Waals surface area contributed by atoms with E-state index in [1.165, 1.54) is 30.8 Å². The number of ether oxygens (including phenoxy) is 1. The number of hydrogen-bond donors (Lipinski definition) is 1. The molecule has 2 heterocycles. The van der Waals surface area contributed by atoms with Crippen molar-refractivity contribution in [2.45, 2.75) is 13.0 Å².